The van der Waals surface area contributed by atoms with E-state index in [9.17, 15) is 14.7 Å². The van der Waals surface area contributed by atoms with Crippen LogP contribution in [0.25, 0.3) is 0 Å². The van der Waals surface area contributed by atoms with Gasteiger partial charge in [0.2, 0.25) is 0 Å². The van der Waals surface area contributed by atoms with Gasteiger partial charge in [-0.2, -0.15) is 0 Å². The molecule has 0 bridgehead atoms. The highest BCUT2D eigenvalue weighted by Gasteiger charge is 2.22. The van der Waals surface area contributed by atoms with Crippen molar-refractivity contribution in [1.29, 1.82) is 0 Å². The van der Waals surface area contributed by atoms with Crippen LogP contribution in [0.2, 0.25) is 0 Å². The molecule has 0 N–H and O–H groups in total. The van der Waals surface area contributed by atoms with Gasteiger partial charge < -0.3 is 19.4 Å². The smallest absolute Gasteiger partial charge is 0.305 e. The van der Waals surface area contributed by atoms with E-state index in [1.807, 2.05) is 0 Å². The SMILES string of the molecule is C=COCC1CCC(COC(=O)CCCC(=O)[O-])CC1. The van der Waals surface area contributed by atoms with Crippen molar-refractivity contribution in [2.75, 3.05) is 13.2 Å². The van der Waals surface area contributed by atoms with Crippen molar-refractivity contribution in [3.63, 3.8) is 0 Å². The number of hydrogen-bond acceptors (Lipinski definition) is 5. The van der Waals surface area contributed by atoms with E-state index in [1.54, 1.807) is 0 Å². The first-order chi connectivity index (χ1) is 9.61. The quantitative estimate of drug-likeness (QED) is 0.472. The van der Waals surface area contributed by atoms with Gasteiger partial charge in [-0.05, 0) is 50.4 Å². The molecule has 0 unspecified atom stereocenters. The van der Waals surface area contributed by atoms with Crippen LogP contribution in [0.5, 0.6) is 0 Å². The van der Waals surface area contributed by atoms with E-state index < -0.39 is 5.97 Å². The van der Waals surface area contributed by atoms with Crippen molar-refractivity contribution in [2.45, 2.75) is 44.9 Å². The molecule has 1 saturated carbocycles. The van der Waals surface area contributed by atoms with Crippen molar-refractivity contribution in [1.82, 2.24) is 0 Å². The maximum absolute atomic E-state index is 11.4. The third kappa shape index (κ3) is 7.16. The largest absolute Gasteiger partial charge is 0.550 e. The average Bonchev–Trinajstić information content (AvgIpc) is 2.43. The molecule has 0 aromatic heterocycles. The molecule has 114 valence electrons. The molecule has 1 rings (SSSR count). The Kier molecular flexibility index (Phi) is 7.77. The van der Waals surface area contributed by atoms with Crippen LogP contribution < -0.4 is 5.11 Å². The van der Waals surface area contributed by atoms with Crippen LogP contribution in [-0.2, 0) is 19.1 Å². The summed E-state index contributed by atoms with van der Waals surface area (Å²) in [6, 6.07) is 0. The van der Waals surface area contributed by atoms with Gasteiger partial charge in [0.25, 0.3) is 0 Å². The number of carbonyl (C=O) groups is 2. The number of rotatable bonds is 9. The Morgan fingerprint density at radius 2 is 1.70 bits per heavy atom. The minimum Gasteiger partial charge on any atom is -0.550 e. The molecule has 0 aromatic carbocycles. The first-order valence-electron chi connectivity index (χ1n) is 7.19. The van der Waals surface area contributed by atoms with Crippen molar-refractivity contribution < 1.29 is 24.2 Å². The van der Waals surface area contributed by atoms with Crippen LogP contribution in [0.4, 0.5) is 0 Å². The van der Waals surface area contributed by atoms with E-state index in [1.165, 1.54) is 6.26 Å². The zero-order valence-corrected chi connectivity index (χ0v) is 11.8. The number of hydrogen-bond donors (Lipinski definition) is 0. The zero-order chi connectivity index (χ0) is 14.8. The van der Waals surface area contributed by atoms with Gasteiger partial charge in [-0.3, -0.25) is 4.79 Å². The molecule has 0 atom stereocenters. The maximum Gasteiger partial charge on any atom is 0.305 e. The van der Waals surface area contributed by atoms with Crippen LogP contribution >= 0.6 is 0 Å². The third-order valence-corrected chi connectivity index (χ3v) is 3.66. The number of carbonyl (C=O) groups excluding carboxylic acids is 2. The molecule has 0 amide bonds. The molecule has 1 fully saturated rings. The van der Waals surface area contributed by atoms with E-state index in [0.717, 1.165) is 32.3 Å². The standard InChI is InChI=1S/C15H24O5/c1-2-19-10-12-6-8-13(9-7-12)11-20-15(18)5-3-4-14(16)17/h2,12-13H,1,3-11H2,(H,16,17)/p-1. The Balaban J connectivity index is 2.07. The average molecular weight is 283 g/mol. The molecule has 0 saturated heterocycles. The van der Waals surface area contributed by atoms with Gasteiger partial charge >= 0.3 is 5.97 Å². The molecule has 0 spiro atoms. The number of esters is 1. The highest BCUT2D eigenvalue weighted by Crippen LogP contribution is 2.29. The van der Waals surface area contributed by atoms with Gasteiger partial charge in [0.15, 0.2) is 0 Å². The maximum atomic E-state index is 11.4. The number of aliphatic carboxylic acids is 1. The molecule has 1 aliphatic carbocycles. The summed E-state index contributed by atoms with van der Waals surface area (Å²) in [4.78, 5) is 21.6. The highest BCUT2D eigenvalue weighted by atomic mass is 16.5. The fourth-order valence-corrected chi connectivity index (χ4v) is 2.43. The summed E-state index contributed by atoms with van der Waals surface area (Å²) >= 11 is 0. The van der Waals surface area contributed by atoms with Gasteiger partial charge in [0.05, 0.1) is 19.5 Å². The monoisotopic (exact) mass is 283 g/mol. The zero-order valence-electron chi connectivity index (χ0n) is 11.8. The lowest BCUT2D eigenvalue weighted by molar-refractivity contribution is -0.305. The molecule has 0 radical (unpaired) electrons. The van der Waals surface area contributed by atoms with E-state index in [2.05, 4.69) is 6.58 Å². The van der Waals surface area contributed by atoms with Crippen molar-refractivity contribution in [2.24, 2.45) is 11.8 Å². The molecule has 0 aliphatic heterocycles. The highest BCUT2D eigenvalue weighted by molar-refractivity contribution is 5.70. The number of carboxylic acids is 1. The summed E-state index contributed by atoms with van der Waals surface area (Å²) in [5, 5.41) is 10.2. The molecular weight excluding hydrogens is 260 g/mol. The Morgan fingerprint density at radius 3 is 2.25 bits per heavy atom. The number of ether oxygens (including phenoxy) is 2. The molecule has 20 heavy (non-hydrogen) atoms. The van der Waals surface area contributed by atoms with Crippen molar-refractivity contribution >= 4 is 11.9 Å². The second-order valence-corrected chi connectivity index (χ2v) is 5.30. The number of carboxylic acid groups (broad SMARTS) is 1. The molecule has 5 heteroatoms. The van der Waals surface area contributed by atoms with Crippen LogP contribution in [0.3, 0.4) is 0 Å². The second kappa shape index (κ2) is 9.39. The van der Waals surface area contributed by atoms with Crippen molar-refractivity contribution in [3.8, 4) is 0 Å². The Hall–Kier alpha value is -1.52. The molecule has 0 aromatic rings. The first kappa shape index (κ1) is 16.5. The van der Waals surface area contributed by atoms with E-state index >= 15 is 0 Å². The van der Waals surface area contributed by atoms with Gasteiger partial charge in [-0.1, -0.05) is 6.58 Å². The van der Waals surface area contributed by atoms with E-state index in [-0.39, 0.29) is 25.2 Å². The molecular formula is C15H23O5-. The minimum absolute atomic E-state index is 0.0937. The van der Waals surface area contributed by atoms with Gasteiger partial charge in [-0.15, -0.1) is 0 Å². The topological polar surface area (TPSA) is 75.7 Å². The Bertz CT molecular complexity index is 318. The minimum atomic E-state index is -1.13. The lowest BCUT2D eigenvalue weighted by Gasteiger charge is -2.27. The van der Waals surface area contributed by atoms with Gasteiger partial charge in [0, 0.05) is 12.4 Å². The fraction of sp³-hybridized carbons (Fsp3) is 0.733. The van der Waals surface area contributed by atoms with Crippen LogP contribution in [0.15, 0.2) is 12.8 Å². The predicted molar refractivity (Wildman–Crippen MR) is 71.4 cm³/mol. The van der Waals surface area contributed by atoms with E-state index in [0.29, 0.717) is 18.4 Å². The molecule has 5 nitrogen and oxygen atoms in total. The summed E-state index contributed by atoms with van der Waals surface area (Å²) < 4.78 is 10.4. The molecule has 1 aliphatic rings. The van der Waals surface area contributed by atoms with Crippen LogP contribution in [0, 0.1) is 11.8 Å². The summed E-state index contributed by atoms with van der Waals surface area (Å²) in [5.74, 6) is -0.454. The lowest BCUT2D eigenvalue weighted by Crippen LogP contribution is -2.23. The fourth-order valence-electron chi connectivity index (χ4n) is 2.43. The van der Waals surface area contributed by atoms with Gasteiger partial charge in [-0.25, -0.2) is 0 Å². The van der Waals surface area contributed by atoms with Crippen LogP contribution in [-0.4, -0.2) is 25.2 Å². The van der Waals surface area contributed by atoms with Crippen molar-refractivity contribution in [3.05, 3.63) is 12.8 Å². The normalized spacial score (nSPS) is 22.0. The van der Waals surface area contributed by atoms with Gasteiger partial charge in [0.1, 0.15) is 0 Å². The van der Waals surface area contributed by atoms with E-state index in [4.69, 9.17) is 9.47 Å². The van der Waals surface area contributed by atoms with Crippen LogP contribution in [0.1, 0.15) is 44.9 Å². The summed E-state index contributed by atoms with van der Waals surface area (Å²) in [6.45, 7) is 4.69. The Labute approximate surface area is 119 Å². The predicted octanol–water partition coefficient (Wildman–Crippen LogP) is 1.42. The third-order valence-electron chi connectivity index (χ3n) is 3.66. The lowest BCUT2D eigenvalue weighted by atomic mass is 9.83. The summed E-state index contributed by atoms with van der Waals surface area (Å²) in [7, 11) is 0. The summed E-state index contributed by atoms with van der Waals surface area (Å²) in [6.07, 6.45) is 6.06. The summed E-state index contributed by atoms with van der Waals surface area (Å²) in [5.41, 5.74) is 0. The first-order valence-corrected chi connectivity index (χ1v) is 7.19. The molecule has 0 heterocycles. The Morgan fingerprint density at radius 1 is 1.10 bits per heavy atom. The second-order valence-electron chi connectivity index (χ2n) is 5.30.